The number of hydrogen-bond acceptors (Lipinski definition) is 1. The van der Waals surface area contributed by atoms with Crippen LogP contribution in [0.2, 0.25) is 25.2 Å². The molecule has 2 bridgehead atoms. The maximum Gasteiger partial charge on any atom is 0.133 e. The average Bonchev–Trinajstić information content (AvgIpc) is 2.62. The molecule has 0 N–H and O–H groups in total. The smallest absolute Gasteiger partial charge is 0.133 e. The first-order valence-electron chi connectivity index (χ1n) is 6.75. The molecule has 16 heavy (non-hydrogen) atoms. The van der Waals surface area contributed by atoms with Crippen LogP contribution >= 0.6 is 0 Å². The summed E-state index contributed by atoms with van der Waals surface area (Å²) in [6.07, 6.45) is 1.19. The molecule has 2 aliphatic carbocycles. The van der Waals surface area contributed by atoms with Crippen LogP contribution in [0.25, 0.3) is 0 Å². The Hall–Kier alpha value is -0.113. The van der Waals surface area contributed by atoms with E-state index in [0.29, 0.717) is 17.6 Å². The van der Waals surface area contributed by atoms with Gasteiger partial charge < -0.3 is 0 Å². The van der Waals surface area contributed by atoms with Crippen molar-refractivity contribution in [1.29, 1.82) is 0 Å². The lowest BCUT2D eigenvalue weighted by atomic mass is 9.74. The van der Waals surface area contributed by atoms with Crippen LogP contribution in [-0.4, -0.2) is 13.9 Å². The molecule has 2 rings (SSSR count). The largest absolute Gasteiger partial charge is 0.300 e. The molecule has 2 saturated carbocycles. The molecule has 0 amide bonds. The lowest BCUT2D eigenvalue weighted by Gasteiger charge is -2.32. The minimum absolute atomic E-state index is 0.396. The maximum atomic E-state index is 11.8. The maximum absolute atomic E-state index is 11.8. The molecule has 0 aromatic heterocycles. The highest BCUT2D eigenvalue weighted by molar-refractivity contribution is 6.77. The van der Waals surface area contributed by atoms with E-state index in [1.54, 1.807) is 0 Å². The summed E-state index contributed by atoms with van der Waals surface area (Å²) in [5, 5.41) is 0. The number of hydrogen-bond donors (Lipinski definition) is 0. The highest BCUT2D eigenvalue weighted by atomic mass is 28.3. The van der Waals surface area contributed by atoms with Gasteiger partial charge in [-0.2, -0.15) is 0 Å². The molecule has 0 heterocycles. The number of rotatable bonds is 2. The Morgan fingerprint density at radius 3 is 2.06 bits per heavy atom. The molecular weight excluding hydrogens is 212 g/mol. The zero-order chi connectivity index (χ0) is 12.2. The Morgan fingerprint density at radius 1 is 1.12 bits per heavy atom. The summed E-state index contributed by atoms with van der Waals surface area (Å²) in [5.74, 6) is 4.02. The van der Waals surface area contributed by atoms with E-state index in [1.807, 2.05) is 6.92 Å². The van der Waals surface area contributed by atoms with Crippen molar-refractivity contribution >= 4 is 13.9 Å². The summed E-state index contributed by atoms with van der Waals surface area (Å²) in [6.45, 7) is 14.1. The first-order chi connectivity index (χ1) is 7.25. The van der Waals surface area contributed by atoms with Crippen LogP contribution in [0, 0.1) is 29.6 Å². The molecule has 0 aliphatic heterocycles. The van der Waals surface area contributed by atoms with Gasteiger partial charge in [0, 0.05) is 14.0 Å². The fourth-order valence-electron chi connectivity index (χ4n) is 4.76. The normalized spacial score (nSPS) is 47.4. The van der Waals surface area contributed by atoms with Crippen molar-refractivity contribution in [2.45, 2.75) is 52.4 Å². The van der Waals surface area contributed by atoms with Crippen molar-refractivity contribution in [3.05, 3.63) is 0 Å². The Labute approximate surface area is 101 Å². The molecule has 0 aromatic rings. The van der Waals surface area contributed by atoms with Crippen molar-refractivity contribution in [3.63, 3.8) is 0 Å². The Morgan fingerprint density at radius 2 is 1.69 bits per heavy atom. The summed E-state index contributed by atoms with van der Waals surface area (Å²) in [5.41, 5.74) is 0.895. The van der Waals surface area contributed by atoms with Crippen LogP contribution < -0.4 is 0 Å². The second-order valence-corrected chi connectivity index (χ2v) is 12.7. The molecule has 92 valence electrons. The van der Waals surface area contributed by atoms with Gasteiger partial charge in [-0.3, -0.25) is 4.79 Å². The number of fused-ring (bicyclic) bond motifs is 2. The van der Waals surface area contributed by atoms with Crippen molar-refractivity contribution in [1.82, 2.24) is 0 Å². The second-order valence-electron chi connectivity index (χ2n) is 7.30. The number of carbonyl (C=O) groups is 1. The van der Waals surface area contributed by atoms with Crippen molar-refractivity contribution in [2.24, 2.45) is 29.6 Å². The fraction of sp³-hybridized carbons (Fsp3) is 0.929. The van der Waals surface area contributed by atoms with E-state index in [9.17, 15) is 4.79 Å². The highest BCUT2D eigenvalue weighted by Gasteiger charge is 2.59. The molecule has 1 nitrogen and oxygen atoms in total. The summed E-state index contributed by atoms with van der Waals surface area (Å²) < 4.78 is 0. The van der Waals surface area contributed by atoms with E-state index in [-0.39, 0.29) is 0 Å². The third kappa shape index (κ3) is 1.61. The number of ketones is 1. The fourth-order valence-corrected chi connectivity index (χ4v) is 8.18. The average molecular weight is 238 g/mol. The van der Waals surface area contributed by atoms with Crippen molar-refractivity contribution in [2.75, 3.05) is 0 Å². The molecule has 2 heteroatoms. The van der Waals surface area contributed by atoms with E-state index < -0.39 is 8.07 Å². The Bertz CT molecular complexity index is 304. The molecular formula is C14H26OSi. The third-order valence-electron chi connectivity index (χ3n) is 5.50. The zero-order valence-corrected chi connectivity index (χ0v) is 12.6. The summed E-state index contributed by atoms with van der Waals surface area (Å²) >= 11 is 0. The van der Waals surface area contributed by atoms with Gasteiger partial charge in [0.2, 0.25) is 0 Å². The first kappa shape index (κ1) is 12.3. The predicted molar refractivity (Wildman–Crippen MR) is 71.2 cm³/mol. The van der Waals surface area contributed by atoms with Gasteiger partial charge in [0.1, 0.15) is 5.78 Å². The van der Waals surface area contributed by atoms with Crippen LogP contribution in [0.4, 0.5) is 0 Å². The van der Waals surface area contributed by atoms with Crippen LogP contribution in [0.15, 0.2) is 0 Å². The van der Waals surface area contributed by atoms with Crippen LogP contribution in [0.3, 0.4) is 0 Å². The number of Topliss-reactive ketones (excluding diaryl/α,β-unsaturated/α-hetero) is 1. The molecule has 0 spiro atoms. The summed E-state index contributed by atoms with van der Waals surface area (Å²) in [4.78, 5) is 11.8. The van der Waals surface area contributed by atoms with Crippen LogP contribution in [0.5, 0.6) is 0 Å². The molecule has 0 aromatic carbocycles. The quantitative estimate of drug-likeness (QED) is 0.668. The topological polar surface area (TPSA) is 17.1 Å². The van der Waals surface area contributed by atoms with Gasteiger partial charge in [-0.05, 0) is 42.6 Å². The van der Waals surface area contributed by atoms with Gasteiger partial charge in [0.15, 0.2) is 0 Å². The van der Waals surface area contributed by atoms with Gasteiger partial charge in [0.25, 0.3) is 0 Å². The van der Waals surface area contributed by atoms with Crippen LogP contribution in [-0.2, 0) is 4.79 Å². The number of carbonyl (C=O) groups excluding carboxylic acids is 1. The Balaban J connectivity index is 2.33. The second kappa shape index (κ2) is 3.69. The first-order valence-corrected chi connectivity index (χ1v) is 10.3. The predicted octanol–water partition coefficient (Wildman–Crippen LogP) is 3.82. The minimum atomic E-state index is -1.11. The van der Waals surface area contributed by atoms with Crippen LogP contribution in [0.1, 0.15) is 27.2 Å². The van der Waals surface area contributed by atoms with Gasteiger partial charge >= 0.3 is 0 Å². The van der Waals surface area contributed by atoms with E-state index in [1.165, 1.54) is 6.42 Å². The lowest BCUT2D eigenvalue weighted by Crippen LogP contribution is -2.33. The van der Waals surface area contributed by atoms with Gasteiger partial charge in [-0.15, -0.1) is 0 Å². The van der Waals surface area contributed by atoms with Crippen molar-refractivity contribution in [3.8, 4) is 0 Å². The molecule has 0 radical (unpaired) electrons. The van der Waals surface area contributed by atoms with E-state index in [2.05, 4.69) is 33.5 Å². The van der Waals surface area contributed by atoms with Gasteiger partial charge in [-0.25, -0.2) is 0 Å². The van der Waals surface area contributed by atoms with Gasteiger partial charge in [-0.1, -0.05) is 33.5 Å². The zero-order valence-electron chi connectivity index (χ0n) is 11.6. The molecule has 0 saturated heterocycles. The monoisotopic (exact) mass is 238 g/mol. The molecule has 6 atom stereocenters. The Kier molecular flexibility index (Phi) is 2.85. The minimum Gasteiger partial charge on any atom is -0.300 e. The lowest BCUT2D eigenvalue weighted by molar-refractivity contribution is -0.123. The molecule has 6 unspecified atom stereocenters. The standard InChI is InChI=1S/C14H26OSi/c1-8-9(2)13-12(10(3)15)7-11(8)14(13)16(4,5)6/h8-9,11-14H,7H2,1-6H3. The highest BCUT2D eigenvalue weighted by Crippen LogP contribution is 2.64. The van der Waals surface area contributed by atoms with E-state index in [4.69, 9.17) is 0 Å². The third-order valence-corrected chi connectivity index (χ3v) is 8.31. The SMILES string of the molecule is CC(=O)C1CC2C(C)C(C)C1C2[Si](C)(C)C. The van der Waals surface area contributed by atoms with Gasteiger partial charge in [0.05, 0.1) is 0 Å². The molecule has 2 aliphatic rings. The van der Waals surface area contributed by atoms with E-state index >= 15 is 0 Å². The summed E-state index contributed by atoms with van der Waals surface area (Å²) in [6, 6.07) is 0. The van der Waals surface area contributed by atoms with E-state index in [0.717, 1.165) is 23.3 Å². The van der Waals surface area contributed by atoms with Crippen molar-refractivity contribution < 1.29 is 4.79 Å². The molecule has 2 fully saturated rings. The summed E-state index contributed by atoms with van der Waals surface area (Å²) in [7, 11) is -1.11.